The van der Waals surface area contributed by atoms with E-state index in [1.165, 1.54) is 0 Å². The van der Waals surface area contributed by atoms with Gasteiger partial charge in [-0.15, -0.1) is 10.2 Å². The zero-order valence-corrected chi connectivity index (χ0v) is 17.1. The minimum Gasteiger partial charge on any atom is -0.417 e. The summed E-state index contributed by atoms with van der Waals surface area (Å²) in [6.07, 6.45) is 5.98. The van der Waals surface area contributed by atoms with Crippen molar-refractivity contribution in [3.05, 3.63) is 70.6 Å². The molecule has 0 aliphatic rings. The normalized spacial score (nSPS) is 12.5. The number of nitrogens with zero attached hydrogens (tertiary/aromatic N) is 5. The van der Waals surface area contributed by atoms with Crippen LogP contribution >= 0.6 is 23.2 Å². The maximum atomic E-state index is 10.6. The van der Waals surface area contributed by atoms with E-state index in [9.17, 15) is 5.11 Å². The van der Waals surface area contributed by atoms with Gasteiger partial charge in [0.1, 0.15) is 5.65 Å². The van der Waals surface area contributed by atoms with E-state index in [1.807, 2.05) is 19.3 Å². The number of aryl methyl sites for hydroxylation is 1. The Bertz CT molecular complexity index is 1370. The van der Waals surface area contributed by atoms with Crippen molar-refractivity contribution >= 4 is 34.2 Å². The molecule has 0 bridgehead atoms. The molecule has 0 saturated carbocycles. The lowest BCUT2D eigenvalue weighted by atomic mass is 10.1. The van der Waals surface area contributed by atoms with Crippen molar-refractivity contribution in [2.24, 2.45) is 7.05 Å². The topological polar surface area (TPSA) is 106 Å². The summed E-state index contributed by atoms with van der Waals surface area (Å²) < 4.78 is 7.49. The van der Waals surface area contributed by atoms with Crippen LogP contribution in [0.1, 0.15) is 17.6 Å². The average molecular weight is 441 g/mol. The van der Waals surface area contributed by atoms with Gasteiger partial charge in [-0.3, -0.25) is 4.68 Å². The summed E-state index contributed by atoms with van der Waals surface area (Å²) in [6.45, 7) is 0. The molecular formula is C20H14Cl2N6O2. The van der Waals surface area contributed by atoms with Crippen LogP contribution in [0.4, 0.5) is 0 Å². The van der Waals surface area contributed by atoms with Gasteiger partial charge < -0.3 is 14.5 Å². The Labute approximate surface area is 180 Å². The Morgan fingerprint density at radius 1 is 1.17 bits per heavy atom. The van der Waals surface area contributed by atoms with Gasteiger partial charge in [-0.2, -0.15) is 5.10 Å². The van der Waals surface area contributed by atoms with Gasteiger partial charge in [-0.25, -0.2) is 4.98 Å². The zero-order valence-electron chi connectivity index (χ0n) is 15.5. The lowest BCUT2D eigenvalue weighted by Gasteiger charge is -2.09. The summed E-state index contributed by atoms with van der Waals surface area (Å²) in [6, 6.07) is 6.95. The molecule has 0 amide bonds. The van der Waals surface area contributed by atoms with Crippen LogP contribution in [0.2, 0.25) is 10.0 Å². The zero-order chi connectivity index (χ0) is 20.8. The number of halogens is 2. The first-order valence-electron chi connectivity index (χ1n) is 8.93. The molecule has 30 heavy (non-hydrogen) atoms. The van der Waals surface area contributed by atoms with Gasteiger partial charge in [0.05, 0.1) is 21.8 Å². The molecule has 4 heterocycles. The maximum Gasteiger partial charge on any atom is 0.250 e. The van der Waals surface area contributed by atoms with Crippen LogP contribution in [-0.4, -0.2) is 35.1 Å². The molecule has 1 atom stereocenters. The van der Waals surface area contributed by atoms with Crippen LogP contribution in [0.15, 0.2) is 53.5 Å². The smallest absolute Gasteiger partial charge is 0.250 e. The van der Waals surface area contributed by atoms with Crippen molar-refractivity contribution < 1.29 is 9.52 Å². The number of benzene rings is 1. The summed E-state index contributed by atoms with van der Waals surface area (Å²) in [4.78, 5) is 7.56. The summed E-state index contributed by atoms with van der Waals surface area (Å²) in [5.41, 5.74) is 3.58. The molecule has 0 radical (unpaired) electrons. The Morgan fingerprint density at radius 3 is 2.83 bits per heavy atom. The molecule has 0 fully saturated rings. The highest BCUT2D eigenvalue weighted by atomic mass is 35.5. The van der Waals surface area contributed by atoms with Crippen molar-refractivity contribution in [1.82, 2.24) is 29.9 Å². The molecule has 10 heteroatoms. The van der Waals surface area contributed by atoms with E-state index in [-0.39, 0.29) is 16.8 Å². The lowest BCUT2D eigenvalue weighted by Crippen LogP contribution is -2.01. The maximum absolute atomic E-state index is 10.6. The highest BCUT2D eigenvalue weighted by Crippen LogP contribution is 2.35. The molecule has 0 spiro atoms. The van der Waals surface area contributed by atoms with Crippen LogP contribution in [-0.2, 0) is 7.05 Å². The molecule has 5 aromatic rings. The van der Waals surface area contributed by atoms with Gasteiger partial charge in [0.25, 0.3) is 0 Å². The molecule has 1 unspecified atom stereocenters. The van der Waals surface area contributed by atoms with Gasteiger partial charge in [0, 0.05) is 47.7 Å². The molecule has 0 aliphatic heterocycles. The van der Waals surface area contributed by atoms with Gasteiger partial charge in [-0.05, 0) is 12.1 Å². The van der Waals surface area contributed by atoms with E-state index in [4.69, 9.17) is 27.6 Å². The highest BCUT2D eigenvalue weighted by Gasteiger charge is 2.23. The summed E-state index contributed by atoms with van der Waals surface area (Å²) >= 11 is 12.2. The summed E-state index contributed by atoms with van der Waals surface area (Å²) in [5.74, 6) is 0.262. The number of pyridine rings is 1. The third kappa shape index (κ3) is 3.15. The molecule has 0 aliphatic carbocycles. The molecular weight excluding hydrogens is 427 g/mol. The van der Waals surface area contributed by atoms with Gasteiger partial charge in [0.15, 0.2) is 6.10 Å². The number of aliphatic hydroxyl groups is 1. The summed E-state index contributed by atoms with van der Waals surface area (Å²) in [7, 11) is 1.86. The third-order valence-electron chi connectivity index (χ3n) is 4.75. The molecule has 150 valence electrons. The fraction of sp³-hybridized carbons (Fsp3) is 0.100. The van der Waals surface area contributed by atoms with Crippen LogP contribution in [0.5, 0.6) is 0 Å². The number of aromatic nitrogens is 6. The predicted octanol–water partition coefficient (Wildman–Crippen LogP) is 4.40. The van der Waals surface area contributed by atoms with Crippen molar-refractivity contribution in [3.63, 3.8) is 0 Å². The second kappa shape index (κ2) is 7.24. The number of rotatable bonds is 4. The van der Waals surface area contributed by atoms with E-state index in [1.54, 1.807) is 41.5 Å². The Kier molecular flexibility index (Phi) is 4.54. The molecule has 4 aromatic heterocycles. The van der Waals surface area contributed by atoms with Crippen LogP contribution in [0, 0.1) is 0 Å². The molecule has 8 nitrogen and oxygen atoms in total. The van der Waals surface area contributed by atoms with Crippen molar-refractivity contribution in [2.75, 3.05) is 0 Å². The second-order valence-corrected chi connectivity index (χ2v) is 7.50. The number of hydrogen-bond donors (Lipinski definition) is 2. The number of aromatic amines is 1. The standard InChI is InChI=1S/C20H14Cl2N6O2/c1-28-9-11(7-25-28)10-5-13-14(8-24-18(13)23-6-10)19-26-27-20(30-19)17(29)12-3-2-4-15(21)16(12)22/h2-9,17,29H,1H3,(H,23,24). The molecule has 5 rings (SSSR count). The van der Waals surface area contributed by atoms with Crippen molar-refractivity contribution in [2.45, 2.75) is 6.10 Å². The number of fused-ring (bicyclic) bond motifs is 1. The first-order valence-corrected chi connectivity index (χ1v) is 9.69. The van der Waals surface area contributed by atoms with E-state index < -0.39 is 6.10 Å². The fourth-order valence-electron chi connectivity index (χ4n) is 3.23. The van der Waals surface area contributed by atoms with E-state index in [0.717, 1.165) is 16.5 Å². The monoisotopic (exact) mass is 440 g/mol. The number of nitrogens with one attached hydrogen (secondary N) is 1. The van der Waals surface area contributed by atoms with Crippen LogP contribution < -0.4 is 0 Å². The van der Waals surface area contributed by atoms with Crippen molar-refractivity contribution in [3.8, 4) is 22.6 Å². The summed E-state index contributed by atoms with van der Waals surface area (Å²) in [5, 5.41) is 24.3. The Hall–Kier alpha value is -3.20. The van der Waals surface area contributed by atoms with Gasteiger partial charge >= 0.3 is 0 Å². The number of aliphatic hydroxyl groups excluding tert-OH is 1. The van der Waals surface area contributed by atoms with Crippen LogP contribution in [0.3, 0.4) is 0 Å². The third-order valence-corrected chi connectivity index (χ3v) is 5.58. The lowest BCUT2D eigenvalue weighted by molar-refractivity contribution is 0.183. The van der Waals surface area contributed by atoms with Gasteiger partial charge in [-0.1, -0.05) is 35.3 Å². The minimum atomic E-state index is -1.20. The predicted molar refractivity (Wildman–Crippen MR) is 112 cm³/mol. The fourth-order valence-corrected chi connectivity index (χ4v) is 3.64. The van der Waals surface area contributed by atoms with Crippen molar-refractivity contribution in [1.29, 1.82) is 0 Å². The molecule has 1 aromatic carbocycles. The largest absolute Gasteiger partial charge is 0.417 e. The minimum absolute atomic E-state index is 0.0138. The number of hydrogen-bond acceptors (Lipinski definition) is 6. The molecule has 2 N–H and O–H groups in total. The highest BCUT2D eigenvalue weighted by molar-refractivity contribution is 6.42. The van der Waals surface area contributed by atoms with E-state index in [2.05, 4.69) is 25.3 Å². The SMILES string of the molecule is Cn1cc(-c2cnc3[nH]cc(-c4nnc(C(O)c5cccc(Cl)c5Cl)o4)c3c2)cn1. The Balaban J connectivity index is 1.53. The quantitative estimate of drug-likeness (QED) is 0.428. The van der Waals surface area contributed by atoms with Crippen LogP contribution in [0.25, 0.3) is 33.6 Å². The molecule has 0 saturated heterocycles. The van der Waals surface area contributed by atoms with E-state index in [0.29, 0.717) is 21.8 Å². The Morgan fingerprint density at radius 2 is 2.03 bits per heavy atom. The first-order chi connectivity index (χ1) is 14.5. The first kappa shape index (κ1) is 18.8. The average Bonchev–Trinajstić information content (AvgIpc) is 3.48. The van der Waals surface area contributed by atoms with E-state index >= 15 is 0 Å². The second-order valence-electron chi connectivity index (χ2n) is 6.72. The number of H-pyrrole nitrogens is 1. The van der Waals surface area contributed by atoms with Gasteiger partial charge in [0.2, 0.25) is 11.8 Å².